The molecule has 1 amide bonds. The second kappa shape index (κ2) is 12.7. The fourth-order valence-corrected chi connectivity index (χ4v) is 2.97. The van der Waals surface area contributed by atoms with Gasteiger partial charge >= 0.3 is 0 Å². The number of hydrogen-bond acceptors (Lipinski definition) is 4. The molecule has 154 valence electrons. The minimum atomic E-state index is -0.787. The lowest BCUT2D eigenvalue weighted by Crippen LogP contribution is -2.43. The lowest BCUT2D eigenvalue weighted by Gasteiger charge is -2.28. The molecule has 0 aromatic heterocycles. The first-order valence-electron chi connectivity index (χ1n) is 10.4. The molecule has 5 heteroatoms. The van der Waals surface area contributed by atoms with E-state index in [0.29, 0.717) is 19.6 Å². The zero-order valence-corrected chi connectivity index (χ0v) is 17.8. The summed E-state index contributed by atoms with van der Waals surface area (Å²) < 4.78 is 11.6. The number of carbonyl (C=O) groups excluding carboxylic acids is 1. The normalized spacial score (nSPS) is 13.4. The third-order valence-corrected chi connectivity index (χ3v) is 4.73. The largest absolute Gasteiger partial charge is 0.494 e. The monoisotopic (exact) mass is 378 g/mol. The highest BCUT2D eigenvalue weighted by molar-refractivity contribution is 5.97. The molecule has 0 aliphatic carbocycles. The zero-order valence-electron chi connectivity index (χ0n) is 17.8. The summed E-state index contributed by atoms with van der Waals surface area (Å²) in [5.41, 5.74) is -0.0254. The van der Waals surface area contributed by atoms with E-state index in [2.05, 4.69) is 31.0 Å². The Hall–Kier alpha value is -1.59. The second-order valence-electron chi connectivity index (χ2n) is 7.04. The molecule has 0 fully saturated rings. The maximum absolute atomic E-state index is 12.7. The van der Waals surface area contributed by atoms with Crippen LogP contribution in [0.2, 0.25) is 0 Å². The van der Waals surface area contributed by atoms with Crippen LogP contribution >= 0.6 is 0 Å². The Morgan fingerprint density at radius 1 is 1.04 bits per heavy atom. The molecule has 1 N–H and O–H groups in total. The van der Waals surface area contributed by atoms with Crippen LogP contribution in [0.15, 0.2) is 24.3 Å². The van der Waals surface area contributed by atoms with Crippen LogP contribution in [-0.2, 0) is 9.53 Å². The molecule has 0 heterocycles. The first-order valence-corrected chi connectivity index (χ1v) is 10.4. The minimum absolute atomic E-state index is 0.0920. The number of rotatable bonds is 14. The van der Waals surface area contributed by atoms with Gasteiger partial charge in [-0.25, -0.2) is 0 Å². The summed E-state index contributed by atoms with van der Waals surface area (Å²) in [6.45, 7) is 14.8. The van der Waals surface area contributed by atoms with E-state index in [9.17, 15) is 4.79 Å². The van der Waals surface area contributed by atoms with Gasteiger partial charge in [0.1, 0.15) is 11.4 Å². The van der Waals surface area contributed by atoms with Crippen molar-refractivity contribution in [2.24, 2.45) is 0 Å². The molecule has 0 saturated heterocycles. The van der Waals surface area contributed by atoms with Crippen molar-refractivity contribution >= 4 is 11.6 Å². The Labute approximate surface area is 165 Å². The van der Waals surface area contributed by atoms with Gasteiger partial charge in [0.05, 0.1) is 6.61 Å². The van der Waals surface area contributed by atoms with Crippen molar-refractivity contribution in [1.29, 1.82) is 0 Å². The van der Waals surface area contributed by atoms with Crippen LogP contribution in [0.3, 0.4) is 0 Å². The molecule has 1 atom stereocenters. The van der Waals surface area contributed by atoms with Crippen molar-refractivity contribution in [2.75, 3.05) is 38.2 Å². The van der Waals surface area contributed by atoms with Crippen molar-refractivity contribution in [1.82, 2.24) is 4.90 Å². The minimum Gasteiger partial charge on any atom is -0.494 e. The van der Waals surface area contributed by atoms with Gasteiger partial charge in [-0.1, -0.05) is 34.1 Å². The number of hydrogen-bond donors (Lipinski definition) is 1. The lowest BCUT2D eigenvalue weighted by molar-refractivity contribution is -0.140. The Morgan fingerprint density at radius 2 is 1.70 bits per heavy atom. The van der Waals surface area contributed by atoms with Gasteiger partial charge in [-0.2, -0.15) is 0 Å². The van der Waals surface area contributed by atoms with Crippen LogP contribution in [0.1, 0.15) is 60.3 Å². The summed E-state index contributed by atoms with van der Waals surface area (Å²) in [6, 6.07) is 7.56. The predicted octanol–water partition coefficient (Wildman–Crippen LogP) is 4.72. The van der Waals surface area contributed by atoms with Crippen LogP contribution in [-0.4, -0.2) is 49.3 Å². The first kappa shape index (κ1) is 23.4. The van der Waals surface area contributed by atoms with E-state index in [4.69, 9.17) is 9.47 Å². The van der Waals surface area contributed by atoms with E-state index < -0.39 is 5.60 Å². The molecule has 5 nitrogen and oxygen atoms in total. The lowest BCUT2D eigenvalue weighted by atomic mass is 9.99. The van der Waals surface area contributed by atoms with E-state index in [1.807, 2.05) is 38.1 Å². The number of carbonyl (C=O) groups is 1. The molecule has 0 radical (unpaired) electrons. The van der Waals surface area contributed by atoms with Crippen molar-refractivity contribution < 1.29 is 14.3 Å². The molecule has 1 aromatic carbocycles. The highest BCUT2D eigenvalue weighted by Crippen LogP contribution is 2.22. The number of amides is 1. The SMILES string of the molecule is CCCOC(C)(CCC)C(=O)Nc1ccc(OCCCN(CC)CC)cc1. The molecule has 0 saturated carbocycles. The third-order valence-electron chi connectivity index (χ3n) is 4.73. The first-order chi connectivity index (χ1) is 13.0. The van der Waals surface area contributed by atoms with E-state index >= 15 is 0 Å². The highest BCUT2D eigenvalue weighted by Gasteiger charge is 2.33. The van der Waals surface area contributed by atoms with Crippen molar-refractivity contribution in [3.63, 3.8) is 0 Å². The molecule has 27 heavy (non-hydrogen) atoms. The molecule has 0 bridgehead atoms. The summed E-state index contributed by atoms with van der Waals surface area (Å²) in [5.74, 6) is 0.733. The Kier molecular flexibility index (Phi) is 11.1. The van der Waals surface area contributed by atoms with Crippen LogP contribution < -0.4 is 10.1 Å². The molecule has 0 aliphatic rings. The molecule has 0 spiro atoms. The highest BCUT2D eigenvalue weighted by atomic mass is 16.5. The summed E-state index contributed by atoms with van der Waals surface area (Å²) in [6.07, 6.45) is 3.50. The van der Waals surface area contributed by atoms with Gasteiger partial charge in [-0.05, 0) is 63.5 Å². The molecule has 1 rings (SSSR count). The van der Waals surface area contributed by atoms with Crippen LogP contribution in [0.4, 0.5) is 5.69 Å². The number of ether oxygens (including phenoxy) is 2. The van der Waals surface area contributed by atoms with Crippen molar-refractivity contribution in [2.45, 2.75) is 65.9 Å². The topological polar surface area (TPSA) is 50.8 Å². The second-order valence-corrected chi connectivity index (χ2v) is 7.04. The molecule has 1 aromatic rings. The summed E-state index contributed by atoms with van der Waals surface area (Å²) in [4.78, 5) is 15.1. The summed E-state index contributed by atoms with van der Waals surface area (Å²) in [5, 5.41) is 2.97. The molecule has 1 unspecified atom stereocenters. The zero-order chi connectivity index (χ0) is 20.1. The van der Waals surface area contributed by atoms with Crippen LogP contribution in [0.25, 0.3) is 0 Å². The molecular formula is C22H38N2O3. The Morgan fingerprint density at radius 3 is 2.26 bits per heavy atom. The average molecular weight is 379 g/mol. The van der Waals surface area contributed by atoms with Gasteiger partial charge in [0.25, 0.3) is 5.91 Å². The van der Waals surface area contributed by atoms with Gasteiger partial charge in [-0.3, -0.25) is 4.79 Å². The predicted molar refractivity (Wildman–Crippen MR) is 113 cm³/mol. The fourth-order valence-electron chi connectivity index (χ4n) is 2.97. The van der Waals surface area contributed by atoms with Gasteiger partial charge in [0, 0.05) is 18.8 Å². The number of nitrogens with one attached hydrogen (secondary N) is 1. The van der Waals surface area contributed by atoms with Gasteiger partial charge in [0.2, 0.25) is 0 Å². The van der Waals surface area contributed by atoms with E-state index in [1.54, 1.807) is 0 Å². The quantitative estimate of drug-likeness (QED) is 0.476. The maximum Gasteiger partial charge on any atom is 0.256 e. The Balaban J connectivity index is 2.51. The number of nitrogens with zero attached hydrogens (tertiary/aromatic N) is 1. The maximum atomic E-state index is 12.7. The standard InChI is InChI=1S/C22H38N2O3/c1-6-15-22(5,27-17-7-2)21(25)23-19-11-13-20(14-12-19)26-18-10-16-24(8-3)9-4/h11-14H,6-10,15-18H2,1-5H3,(H,23,25). The smallest absolute Gasteiger partial charge is 0.256 e. The van der Waals surface area contributed by atoms with Crippen molar-refractivity contribution in [3.05, 3.63) is 24.3 Å². The van der Waals surface area contributed by atoms with Crippen molar-refractivity contribution in [3.8, 4) is 5.75 Å². The number of benzene rings is 1. The van der Waals surface area contributed by atoms with E-state index in [-0.39, 0.29) is 5.91 Å². The van der Waals surface area contributed by atoms with Crippen LogP contribution in [0, 0.1) is 0 Å². The average Bonchev–Trinajstić information content (AvgIpc) is 2.68. The third kappa shape index (κ3) is 8.31. The van der Waals surface area contributed by atoms with Gasteiger partial charge < -0.3 is 19.7 Å². The summed E-state index contributed by atoms with van der Waals surface area (Å²) >= 11 is 0. The fraction of sp³-hybridized carbons (Fsp3) is 0.682. The van der Waals surface area contributed by atoms with E-state index in [1.165, 1.54) is 0 Å². The summed E-state index contributed by atoms with van der Waals surface area (Å²) in [7, 11) is 0. The van der Waals surface area contributed by atoms with Gasteiger partial charge in [0.15, 0.2) is 0 Å². The molecular weight excluding hydrogens is 340 g/mol. The van der Waals surface area contributed by atoms with Gasteiger partial charge in [-0.15, -0.1) is 0 Å². The molecule has 0 aliphatic heterocycles. The number of anilines is 1. The Bertz CT molecular complexity index is 529. The van der Waals surface area contributed by atoms with E-state index in [0.717, 1.165) is 50.3 Å². The van der Waals surface area contributed by atoms with Crippen LogP contribution in [0.5, 0.6) is 5.75 Å².